The fourth-order valence-electron chi connectivity index (χ4n) is 5.03. The zero-order valence-corrected chi connectivity index (χ0v) is 12.6. The van der Waals surface area contributed by atoms with Crippen molar-refractivity contribution in [2.45, 2.75) is 65.0 Å². The van der Waals surface area contributed by atoms with Gasteiger partial charge in [0.2, 0.25) is 0 Å². The molecule has 1 heterocycles. The standard InChI is InChI=1S/C16H30N2/c1-15(2)12-7-8-16(15,3)14(10-12)17-11-13-6-5-9-18(13)4/h12-14,17H,5-11H2,1-4H3. The van der Waals surface area contributed by atoms with E-state index in [2.05, 4.69) is 38.0 Å². The summed E-state index contributed by atoms with van der Waals surface area (Å²) in [6.45, 7) is 10.1. The Hall–Kier alpha value is -0.0800. The predicted molar refractivity (Wildman–Crippen MR) is 76.7 cm³/mol. The van der Waals surface area contributed by atoms with Gasteiger partial charge in [-0.25, -0.2) is 0 Å². The summed E-state index contributed by atoms with van der Waals surface area (Å²) in [5.41, 5.74) is 1.08. The monoisotopic (exact) mass is 250 g/mol. The van der Waals surface area contributed by atoms with E-state index in [9.17, 15) is 0 Å². The number of likely N-dealkylation sites (tertiary alicyclic amines) is 1. The number of likely N-dealkylation sites (N-methyl/N-ethyl adjacent to an activating group) is 1. The molecule has 0 amide bonds. The average molecular weight is 250 g/mol. The molecule has 1 aliphatic heterocycles. The van der Waals surface area contributed by atoms with E-state index in [-0.39, 0.29) is 0 Å². The van der Waals surface area contributed by atoms with Crippen LogP contribution in [0.2, 0.25) is 0 Å². The van der Waals surface area contributed by atoms with Gasteiger partial charge in [-0.3, -0.25) is 0 Å². The molecule has 0 aromatic heterocycles. The summed E-state index contributed by atoms with van der Waals surface area (Å²) in [5, 5.41) is 3.94. The van der Waals surface area contributed by atoms with Crippen LogP contribution < -0.4 is 5.32 Å². The highest BCUT2D eigenvalue weighted by Gasteiger charge is 2.61. The molecule has 3 rings (SSSR count). The summed E-state index contributed by atoms with van der Waals surface area (Å²) >= 11 is 0. The van der Waals surface area contributed by atoms with E-state index in [1.807, 2.05) is 0 Å². The third kappa shape index (κ3) is 1.68. The lowest BCUT2D eigenvalue weighted by atomic mass is 9.69. The lowest BCUT2D eigenvalue weighted by Crippen LogP contribution is -2.48. The first-order valence-corrected chi connectivity index (χ1v) is 7.89. The van der Waals surface area contributed by atoms with E-state index in [1.54, 1.807) is 0 Å². The third-order valence-electron chi connectivity index (χ3n) is 7.07. The van der Waals surface area contributed by atoms with Gasteiger partial charge in [0, 0.05) is 18.6 Å². The molecule has 3 aliphatic rings. The van der Waals surface area contributed by atoms with Crippen molar-refractivity contribution in [3.05, 3.63) is 0 Å². The first kappa shape index (κ1) is 12.9. The Morgan fingerprint density at radius 2 is 2.00 bits per heavy atom. The fourth-order valence-corrected chi connectivity index (χ4v) is 5.03. The van der Waals surface area contributed by atoms with Crippen molar-refractivity contribution in [2.24, 2.45) is 16.7 Å². The van der Waals surface area contributed by atoms with Gasteiger partial charge in [0.1, 0.15) is 0 Å². The van der Waals surface area contributed by atoms with Crippen molar-refractivity contribution in [3.63, 3.8) is 0 Å². The van der Waals surface area contributed by atoms with Crippen molar-refractivity contribution in [3.8, 4) is 0 Å². The zero-order valence-electron chi connectivity index (χ0n) is 12.6. The van der Waals surface area contributed by atoms with Crippen molar-refractivity contribution in [1.82, 2.24) is 10.2 Å². The molecular formula is C16H30N2. The smallest absolute Gasteiger partial charge is 0.0218 e. The summed E-state index contributed by atoms with van der Waals surface area (Å²) < 4.78 is 0. The Labute approximate surface area is 113 Å². The molecule has 18 heavy (non-hydrogen) atoms. The van der Waals surface area contributed by atoms with E-state index in [4.69, 9.17) is 0 Å². The summed E-state index contributed by atoms with van der Waals surface area (Å²) in [4.78, 5) is 2.54. The Balaban J connectivity index is 1.62. The van der Waals surface area contributed by atoms with Crippen molar-refractivity contribution in [2.75, 3.05) is 20.1 Å². The molecule has 3 fully saturated rings. The Kier molecular flexibility index (Phi) is 3.02. The molecule has 2 bridgehead atoms. The van der Waals surface area contributed by atoms with Crippen LogP contribution in [0.15, 0.2) is 0 Å². The molecule has 0 aromatic carbocycles. The van der Waals surface area contributed by atoms with Gasteiger partial charge in [-0.2, -0.15) is 0 Å². The molecule has 4 unspecified atom stereocenters. The van der Waals surface area contributed by atoms with Gasteiger partial charge >= 0.3 is 0 Å². The Morgan fingerprint density at radius 1 is 1.22 bits per heavy atom. The van der Waals surface area contributed by atoms with Gasteiger partial charge in [0.25, 0.3) is 0 Å². The first-order chi connectivity index (χ1) is 8.45. The minimum absolute atomic E-state index is 0.537. The van der Waals surface area contributed by atoms with Crippen LogP contribution in [0.5, 0.6) is 0 Å². The number of fused-ring (bicyclic) bond motifs is 2. The first-order valence-electron chi connectivity index (χ1n) is 7.89. The van der Waals surface area contributed by atoms with Gasteiger partial charge < -0.3 is 10.2 Å². The molecule has 2 saturated carbocycles. The van der Waals surface area contributed by atoms with E-state index in [0.717, 1.165) is 18.0 Å². The summed E-state index contributed by atoms with van der Waals surface area (Å²) in [7, 11) is 2.28. The Morgan fingerprint density at radius 3 is 2.50 bits per heavy atom. The molecule has 1 N–H and O–H groups in total. The van der Waals surface area contributed by atoms with Crippen molar-refractivity contribution in [1.29, 1.82) is 0 Å². The maximum atomic E-state index is 3.94. The lowest BCUT2D eigenvalue weighted by Gasteiger charge is -2.40. The van der Waals surface area contributed by atoms with Crippen molar-refractivity contribution >= 4 is 0 Å². The molecule has 1 saturated heterocycles. The second kappa shape index (κ2) is 4.21. The largest absolute Gasteiger partial charge is 0.312 e. The second-order valence-electron chi connectivity index (χ2n) is 7.85. The highest BCUT2D eigenvalue weighted by atomic mass is 15.2. The summed E-state index contributed by atoms with van der Waals surface area (Å²) in [6.07, 6.45) is 7.09. The molecule has 0 spiro atoms. The van der Waals surface area contributed by atoms with Crippen LogP contribution in [0.4, 0.5) is 0 Å². The van der Waals surface area contributed by atoms with Crippen LogP contribution in [0.1, 0.15) is 52.9 Å². The fraction of sp³-hybridized carbons (Fsp3) is 1.00. The number of rotatable bonds is 3. The highest BCUT2D eigenvalue weighted by molar-refractivity contribution is 5.13. The van der Waals surface area contributed by atoms with E-state index in [1.165, 1.54) is 45.2 Å². The van der Waals surface area contributed by atoms with Crippen molar-refractivity contribution < 1.29 is 0 Å². The zero-order chi connectivity index (χ0) is 13.0. The maximum Gasteiger partial charge on any atom is 0.0218 e. The minimum atomic E-state index is 0.537. The average Bonchev–Trinajstić information content (AvgIpc) is 2.87. The molecule has 0 aromatic rings. The normalized spacial score (nSPS) is 47.0. The topological polar surface area (TPSA) is 15.3 Å². The molecule has 4 atom stereocenters. The molecular weight excluding hydrogens is 220 g/mol. The van der Waals surface area contributed by atoms with Gasteiger partial charge in [0.05, 0.1) is 0 Å². The molecule has 2 heteroatoms. The summed E-state index contributed by atoms with van der Waals surface area (Å²) in [5.74, 6) is 0.960. The van der Waals surface area contributed by atoms with Crippen LogP contribution in [0.25, 0.3) is 0 Å². The van der Waals surface area contributed by atoms with Crippen LogP contribution in [0.3, 0.4) is 0 Å². The van der Waals surface area contributed by atoms with Gasteiger partial charge in [-0.05, 0) is 62.4 Å². The minimum Gasteiger partial charge on any atom is -0.312 e. The van der Waals surface area contributed by atoms with Gasteiger partial charge in [-0.15, -0.1) is 0 Å². The quantitative estimate of drug-likeness (QED) is 0.828. The molecule has 104 valence electrons. The maximum absolute atomic E-state index is 3.94. The van der Waals surface area contributed by atoms with Crippen LogP contribution in [0, 0.1) is 16.7 Å². The predicted octanol–water partition coefficient (Wildman–Crippen LogP) is 2.89. The number of hydrogen-bond acceptors (Lipinski definition) is 2. The Bertz CT molecular complexity index is 325. The lowest BCUT2D eigenvalue weighted by molar-refractivity contribution is 0.117. The molecule has 2 nitrogen and oxygen atoms in total. The number of nitrogens with zero attached hydrogens (tertiary/aromatic N) is 1. The molecule has 0 radical (unpaired) electrons. The highest BCUT2D eigenvalue weighted by Crippen LogP contribution is 2.65. The van der Waals surface area contributed by atoms with Crippen LogP contribution >= 0.6 is 0 Å². The number of nitrogens with one attached hydrogen (secondary N) is 1. The third-order valence-corrected chi connectivity index (χ3v) is 7.07. The van der Waals surface area contributed by atoms with E-state index >= 15 is 0 Å². The van der Waals surface area contributed by atoms with Crippen LogP contribution in [-0.2, 0) is 0 Å². The number of hydrogen-bond donors (Lipinski definition) is 1. The summed E-state index contributed by atoms with van der Waals surface area (Å²) in [6, 6.07) is 1.55. The van der Waals surface area contributed by atoms with E-state index in [0.29, 0.717) is 10.8 Å². The second-order valence-corrected chi connectivity index (χ2v) is 7.85. The molecule has 2 aliphatic carbocycles. The SMILES string of the molecule is CN1CCCC1CNC1CC2CCC1(C)C2(C)C. The van der Waals surface area contributed by atoms with Gasteiger partial charge in [0.15, 0.2) is 0 Å². The van der Waals surface area contributed by atoms with Gasteiger partial charge in [-0.1, -0.05) is 20.8 Å². The van der Waals surface area contributed by atoms with E-state index < -0.39 is 0 Å². The van der Waals surface area contributed by atoms with Crippen LogP contribution in [-0.4, -0.2) is 37.1 Å².